The standard InChI is InChI=1S/C13H24O11/c1-21-10-4(2-14)23-13(9(19)7(10)17)24-11-5(3-15)22-12(20)8(18)6(11)16/h4-20H,2-3H2,1H3/t4-,5-,6-,7-,8-,9-,10-,11-,12-,13+/m1/s1. The SMILES string of the molecule is CO[C@H]1[C@H](O)[C@@H](O)[C@H](O[C@H]2[C@H](O)[C@@H](O)[C@H](O)O[C@@H]2CO)O[C@@H]1CO. The molecule has 7 N–H and O–H groups in total. The minimum Gasteiger partial charge on any atom is -0.394 e. The summed E-state index contributed by atoms with van der Waals surface area (Å²) in [4.78, 5) is 0. The van der Waals surface area contributed by atoms with Gasteiger partial charge in [0.1, 0.15) is 48.8 Å². The van der Waals surface area contributed by atoms with E-state index in [0.29, 0.717) is 0 Å². The Bertz CT molecular complexity index is 392. The van der Waals surface area contributed by atoms with Crippen molar-refractivity contribution >= 4 is 0 Å². The Morgan fingerprint density at radius 1 is 0.750 bits per heavy atom. The van der Waals surface area contributed by atoms with Crippen LogP contribution >= 0.6 is 0 Å². The van der Waals surface area contributed by atoms with Crippen molar-refractivity contribution in [2.75, 3.05) is 20.3 Å². The Morgan fingerprint density at radius 3 is 1.83 bits per heavy atom. The van der Waals surface area contributed by atoms with Crippen LogP contribution in [0.2, 0.25) is 0 Å². The highest BCUT2D eigenvalue weighted by atomic mass is 16.7. The molecule has 0 bridgehead atoms. The van der Waals surface area contributed by atoms with Crippen molar-refractivity contribution in [1.29, 1.82) is 0 Å². The summed E-state index contributed by atoms with van der Waals surface area (Å²) in [6.07, 6.45) is -14.2. The van der Waals surface area contributed by atoms with Gasteiger partial charge in [-0.05, 0) is 0 Å². The first-order valence-corrected chi connectivity index (χ1v) is 7.46. The third-order valence-electron chi connectivity index (χ3n) is 4.22. The Hall–Kier alpha value is -0.440. The van der Waals surface area contributed by atoms with Crippen molar-refractivity contribution in [3.05, 3.63) is 0 Å². The molecule has 2 heterocycles. The van der Waals surface area contributed by atoms with E-state index in [1.165, 1.54) is 7.11 Å². The van der Waals surface area contributed by atoms with Crippen LogP contribution in [-0.2, 0) is 18.9 Å². The maximum atomic E-state index is 10.1. The van der Waals surface area contributed by atoms with E-state index >= 15 is 0 Å². The lowest BCUT2D eigenvalue weighted by atomic mass is 9.97. The van der Waals surface area contributed by atoms with Crippen molar-refractivity contribution in [2.45, 2.75) is 61.4 Å². The number of aliphatic hydroxyl groups is 7. The van der Waals surface area contributed by atoms with Crippen LogP contribution in [0.1, 0.15) is 0 Å². The maximum absolute atomic E-state index is 10.1. The van der Waals surface area contributed by atoms with Crippen LogP contribution < -0.4 is 0 Å². The maximum Gasteiger partial charge on any atom is 0.187 e. The summed E-state index contributed by atoms with van der Waals surface area (Å²) < 4.78 is 20.6. The summed E-state index contributed by atoms with van der Waals surface area (Å²) in [5.41, 5.74) is 0. The van der Waals surface area contributed by atoms with Crippen LogP contribution in [0.5, 0.6) is 0 Å². The van der Waals surface area contributed by atoms with E-state index < -0.39 is 74.6 Å². The van der Waals surface area contributed by atoms with E-state index in [1.807, 2.05) is 0 Å². The van der Waals surface area contributed by atoms with Gasteiger partial charge in [0.2, 0.25) is 0 Å². The molecule has 11 nitrogen and oxygen atoms in total. The molecule has 0 radical (unpaired) electrons. The first-order chi connectivity index (χ1) is 11.3. The van der Waals surface area contributed by atoms with Gasteiger partial charge in [0, 0.05) is 7.11 Å². The number of hydrogen-bond acceptors (Lipinski definition) is 11. The molecule has 142 valence electrons. The molecule has 2 rings (SSSR count). The third-order valence-corrected chi connectivity index (χ3v) is 4.22. The van der Waals surface area contributed by atoms with Gasteiger partial charge in [-0.25, -0.2) is 0 Å². The fraction of sp³-hybridized carbons (Fsp3) is 1.00. The first-order valence-electron chi connectivity index (χ1n) is 7.46. The second-order valence-electron chi connectivity index (χ2n) is 5.74. The summed E-state index contributed by atoms with van der Waals surface area (Å²) in [7, 11) is 1.27. The lowest BCUT2D eigenvalue weighted by molar-refractivity contribution is -0.356. The third kappa shape index (κ3) is 3.71. The van der Waals surface area contributed by atoms with Crippen LogP contribution in [0.3, 0.4) is 0 Å². The fourth-order valence-electron chi connectivity index (χ4n) is 2.85. The van der Waals surface area contributed by atoms with Gasteiger partial charge in [0.15, 0.2) is 12.6 Å². The smallest absolute Gasteiger partial charge is 0.187 e. The molecule has 24 heavy (non-hydrogen) atoms. The predicted octanol–water partition coefficient (Wildman–Crippen LogP) is -4.74. The Morgan fingerprint density at radius 2 is 1.29 bits per heavy atom. The molecule has 2 saturated heterocycles. The highest BCUT2D eigenvalue weighted by Gasteiger charge is 2.50. The van der Waals surface area contributed by atoms with E-state index in [9.17, 15) is 35.7 Å². The van der Waals surface area contributed by atoms with Crippen LogP contribution in [0.15, 0.2) is 0 Å². The van der Waals surface area contributed by atoms with Gasteiger partial charge in [-0.1, -0.05) is 0 Å². The quantitative estimate of drug-likeness (QED) is 0.251. The van der Waals surface area contributed by atoms with E-state index in [4.69, 9.17) is 18.9 Å². The second kappa shape index (κ2) is 8.29. The van der Waals surface area contributed by atoms with Crippen LogP contribution in [0.4, 0.5) is 0 Å². The molecule has 0 aromatic carbocycles. The number of ether oxygens (including phenoxy) is 4. The molecule has 0 spiro atoms. The lowest BCUT2D eigenvalue weighted by Gasteiger charge is -2.45. The molecule has 0 unspecified atom stereocenters. The minimum absolute atomic E-state index is 0.531. The zero-order valence-corrected chi connectivity index (χ0v) is 13.0. The molecule has 2 fully saturated rings. The topological polar surface area (TPSA) is 179 Å². The lowest BCUT2D eigenvalue weighted by Crippen LogP contribution is -2.64. The number of hydrogen-bond donors (Lipinski definition) is 7. The van der Waals surface area contributed by atoms with Crippen molar-refractivity contribution in [2.24, 2.45) is 0 Å². The number of rotatable bonds is 5. The van der Waals surface area contributed by atoms with Crippen molar-refractivity contribution in [3.63, 3.8) is 0 Å². The largest absolute Gasteiger partial charge is 0.394 e. The second-order valence-corrected chi connectivity index (χ2v) is 5.74. The van der Waals surface area contributed by atoms with Crippen molar-refractivity contribution in [3.8, 4) is 0 Å². The molecule has 0 aromatic rings. The number of methoxy groups -OCH3 is 1. The molecule has 0 aliphatic carbocycles. The average molecular weight is 356 g/mol. The first kappa shape index (κ1) is 19.9. The van der Waals surface area contributed by atoms with Gasteiger partial charge in [0.25, 0.3) is 0 Å². The van der Waals surface area contributed by atoms with E-state index in [2.05, 4.69) is 0 Å². The molecule has 10 atom stereocenters. The van der Waals surface area contributed by atoms with Gasteiger partial charge in [0.05, 0.1) is 13.2 Å². The number of aliphatic hydroxyl groups excluding tert-OH is 7. The van der Waals surface area contributed by atoms with Crippen LogP contribution in [-0.4, -0.2) is 117 Å². The molecule has 2 aliphatic heterocycles. The van der Waals surface area contributed by atoms with Gasteiger partial charge in [-0.3, -0.25) is 0 Å². The summed E-state index contributed by atoms with van der Waals surface area (Å²) >= 11 is 0. The van der Waals surface area contributed by atoms with E-state index in [0.717, 1.165) is 0 Å². The zero-order valence-electron chi connectivity index (χ0n) is 13.0. The van der Waals surface area contributed by atoms with E-state index in [-0.39, 0.29) is 0 Å². The van der Waals surface area contributed by atoms with Crippen molar-refractivity contribution < 1.29 is 54.7 Å². The normalized spacial score (nSPS) is 50.0. The van der Waals surface area contributed by atoms with Crippen LogP contribution in [0.25, 0.3) is 0 Å². The molecular formula is C13H24O11. The molecule has 0 aromatic heterocycles. The van der Waals surface area contributed by atoms with Crippen LogP contribution in [0, 0.1) is 0 Å². The summed E-state index contributed by atoms with van der Waals surface area (Å²) in [5, 5.41) is 67.8. The average Bonchev–Trinajstić information content (AvgIpc) is 2.58. The summed E-state index contributed by atoms with van der Waals surface area (Å²) in [6.45, 7) is -1.18. The molecule has 2 aliphatic rings. The Kier molecular flexibility index (Phi) is 6.87. The molecular weight excluding hydrogens is 332 g/mol. The Balaban J connectivity index is 2.12. The molecule has 11 heteroatoms. The highest BCUT2D eigenvalue weighted by molar-refractivity contribution is 4.94. The summed E-state index contributed by atoms with van der Waals surface area (Å²) in [5.74, 6) is 0. The van der Waals surface area contributed by atoms with Crippen molar-refractivity contribution in [1.82, 2.24) is 0 Å². The van der Waals surface area contributed by atoms with Gasteiger partial charge in [-0.15, -0.1) is 0 Å². The highest BCUT2D eigenvalue weighted by Crippen LogP contribution is 2.29. The monoisotopic (exact) mass is 356 g/mol. The van der Waals surface area contributed by atoms with Gasteiger partial charge in [-0.2, -0.15) is 0 Å². The minimum atomic E-state index is -1.72. The summed E-state index contributed by atoms with van der Waals surface area (Å²) in [6, 6.07) is 0. The zero-order chi connectivity index (χ0) is 18.0. The molecule has 0 saturated carbocycles. The van der Waals surface area contributed by atoms with E-state index in [1.54, 1.807) is 0 Å². The van der Waals surface area contributed by atoms with Gasteiger partial charge >= 0.3 is 0 Å². The van der Waals surface area contributed by atoms with Gasteiger partial charge < -0.3 is 54.7 Å². The fourth-order valence-corrected chi connectivity index (χ4v) is 2.85. The Labute approximate surface area is 137 Å². The molecule has 0 amide bonds. The predicted molar refractivity (Wildman–Crippen MR) is 73.4 cm³/mol.